The molecule has 1 N–H and O–H groups in total. The van der Waals surface area contributed by atoms with Gasteiger partial charge in [-0.15, -0.1) is 0 Å². The maximum absolute atomic E-state index is 12.5. The van der Waals surface area contributed by atoms with Crippen LogP contribution in [0.1, 0.15) is 85.1 Å². The first kappa shape index (κ1) is 27.4. The number of methoxy groups -OCH3 is 1. The van der Waals surface area contributed by atoms with E-state index in [0.717, 1.165) is 24.8 Å². The van der Waals surface area contributed by atoms with E-state index in [1.165, 1.54) is 18.7 Å². The molecule has 0 radical (unpaired) electrons. The molecule has 2 unspecified atom stereocenters. The highest BCUT2D eigenvalue weighted by Gasteiger charge is 2.37. The van der Waals surface area contributed by atoms with Gasteiger partial charge in [-0.1, -0.05) is 103 Å². The van der Waals surface area contributed by atoms with Crippen molar-refractivity contribution in [3.05, 3.63) is 29.8 Å². The monoisotopic (exact) mass is 447 g/mol. The summed E-state index contributed by atoms with van der Waals surface area (Å²) >= 11 is 0. The van der Waals surface area contributed by atoms with Gasteiger partial charge in [0.05, 0.1) is 15.2 Å². The Morgan fingerprint density at radius 2 is 1.65 bits per heavy atom. The zero-order chi connectivity index (χ0) is 23.8. The Morgan fingerprint density at radius 1 is 1.06 bits per heavy atom. The lowest BCUT2D eigenvalue weighted by Crippen LogP contribution is -2.49. The summed E-state index contributed by atoms with van der Waals surface area (Å²) in [4.78, 5) is 25.0. The Hall–Kier alpha value is -1.62. The average Bonchev–Trinajstić information content (AvgIpc) is 2.73. The van der Waals surface area contributed by atoms with Crippen molar-refractivity contribution in [3.63, 3.8) is 0 Å². The smallest absolute Gasteiger partial charge is 0.328 e. The third kappa shape index (κ3) is 7.78. The van der Waals surface area contributed by atoms with E-state index in [1.807, 2.05) is 6.92 Å². The molecule has 0 aliphatic carbocycles. The quantitative estimate of drug-likeness (QED) is 0.266. The highest BCUT2D eigenvalue weighted by molar-refractivity contribution is 6.92. The lowest BCUT2D eigenvalue weighted by atomic mass is 9.93. The maximum Gasteiger partial charge on any atom is 0.328 e. The second-order valence-electron chi connectivity index (χ2n) is 10.6. The number of hydrogen-bond donors (Lipinski definition) is 1. The fraction of sp³-hybridized carbons (Fsp3) is 0.692. The van der Waals surface area contributed by atoms with Crippen molar-refractivity contribution in [2.24, 2.45) is 5.92 Å². The van der Waals surface area contributed by atoms with Gasteiger partial charge >= 0.3 is 5.97 Å². The Kier molecular flexibility index (Phi) is 10.5. The fourth-order valence-corrected chi connectivity index (χ4v) is 5.44. The van der Waals surface area contributed by atoms with E-state index in [0.29, 0.717) is 12.3 Å². The lowest BCUT2D eigenvalue weighted by Gasteiger charge is -2.37. The molecule has 0 aliphatic heterocycles. The molecule has 1 aromatic carbocycles. The molecule has 1 rings (SSSR count). The molecule has 0 saturated heterocycles. The minimum atomic E-state index is -1.61. The van der Waals surface area contributed by atoms with E-state index >= 15 is 0 Å². The van der Waals surface area contributed by atoms with Crippen LogP contribution in [0.25, 0.3) is 0 Å². The number of carbonyl (C=O) groups excluding carboxylic acids is 2. The molecule has 0 heterocycles. The van der Waals surface area contributed by atoms with Gasteiger partial charge in [-0.25, -0.2) is 4.79 Å². The van der Waals surface area contributed by atoms with Crippen LogP contribution < -0.4 is 10.5 Å². The zero-order valence-corrected chi connectivity index (χ0v) is 22.3. The molecule has 0 saturated carbocycles. The van der Waals surface area contributed by atoms with Crippen LogP contribution in [0.5, 0.6) is 0 Å². The molecule has 3 atom stereocenters. The molecule has 0 bridgehead atoms. The van der Waals surface area contributed by atoms with Crippen molar-refractivity contribution in [2.75, 3.05) is 7.11 Å². The number of unbranched alkanes of at least 4 members (excludes halogenated alkanes) is 1. The van der Waals surface area contributed by atoms with Crippen molar-refractivity contribution in [1.82, 2.24) is 5.32 Å². The van der Waals surface area contributed by atoms with Gasteiger partial charge < -0.3 is 10.1 Å². The molecule has 4 nitrogen and oxygen atoms in total. The normalized spacial score (nSPS) is 15.1. The number of benzene rings is 1. The van der Waals surface area contributed by atoms with Crippen LogP contribution in [0.4, 0.5) is 0 Å². The molecule has 0 aromatic heterocycles. The van der Waals surface area contributed by atoms with E-state index < -0.39 is 20.1 Å². The van der Waals surface area contributed by atoms with Crippen LogP contribution in [0.2, 0.25) is 18.1 Å². The first-order valence-corrected chi connectivity index (χ1v) is 14.8. The predicted molar refractivity (Wildman–Crippen MR) is 134 cm³/mol. The van der Waals surface area contributed by atoms with E-state index in [4.69, 9.17) is 4.74 Å². The second kappa shape index (κ2) is 11.8. The number of carbonyl (C=O) groups is 2. The van der Waals surface area contributed by atoms with Gasteiger partial charge in [0.15, 0.2) is 0 Å². The summed E-state index contributed by atoms with van der Waals surface area (Å²) in [6.07, 6.45) is 4.64. The lowest BCUT2D eigenvalue weighted by molar-refractivity contribution is -0.145. The first-order chi connectivity index (χ1) is 14.3. The van der Waals surface area contributed by atoms with Gasteiger partial charge in [-0.05, 0) is 22.9 Å². The van der Waals surface area contributed by atoms with Gasteiger partial charge in [0.1, 0.15) is 6.04 Å². The van der Waals surface area contributed by atoms with Crippen LogP contribution in [0, 0.1) is 5.92 Å². The number of amides is 1. The molecule has 31 heavy (non-hydrogen) atoms. The van der Waals surface area contributed by atoms with E-state index in [1.54, 1.807) is 0 Å². The standard InChI is InChI=1S/C26H45NO3Si/c1-10-19(2)13-11-12-14-23(28)27-24(25(29)30-7)20(3)21-15-17-22(18-16-21)31(8,9)26(4,5)6/h15-20,24H,10-14H2,1-9H3,(H,27,28)/t19?,20?,24-/m1/s1. The van der Waals surface area contributed by atoms with Gasteiger partial charge in [-0.3, -0.25) is 4.79 Å². The Morgan fingerprint density at radius 3 is 2.13 bits per heavy atom. The number of ether oxygens (including phenoxy) is 1. The van der Waals surface area contributed by atoms with E-state index in [9.17, 15) is 9.59 Å². The van der Waals surface area contributed by atoms with Crippen LogP contribution in [0.15, 0.2) is 24.3 Å². The summed E-state index contributed by atoms with van der Waals surface area (Å²) in [5.41, 5.74) is 1.04. The SMILES string of the molecule is CCC(C)CCCCC(=O)N[C@@H](C(=O)OC)C(C)c1ccc([Si](C)(C)C(C)(C)C)cc1. The third-order valence-corrected chi connectivity index (χ3v) is 12.9. The molecule has 1 amide bonds. The molecule has 176 valence electrons. The summed E-state index contributed by atoms with van der Waals surface area (Å²) in [6, 6.07) is 7.94. The van der Waals surface area contributed by atoms with Crippen molar-refractivity contribution < 1.29 is 14.3 Å². The number of esters is 1. The zero-order valence-electron chi connectivity index (χ0n) is 21.3. The minimum Gasteiger partial charge on any atom is -0.467 e. The van der Waals surface area contributed by atoms with Crippen LogP contribution in [-0.4, -0.2) is 33.1 Å². The van der Waals surface area contributed by atoms with Crippen molar-refractivity contribution >= 4 is 25.1 Å². The van der Waals surface area contributed by atoms with Gasteiger partial charge in [0, 0.05) is 12.3 Å². The highest BCUT2D eigenvalue weighted by Crippen LogP contribution is 2.35. The number of nitrogens with one attached hydrogen (secondary N) is 1. The van der Waals surface area contributed by atoms with Gasteiger partial charge in [-0.2, -0.15) is 0 Å². The summed E-state index contributed by atoms with van der Waals surface area (Å²) in [7, 11) is -0.236. The minimum absolute atomic E-state index is 0.0794. The molecular formula is C26H45NO3Si. The Bertz CT molecular complexity index is 706. The largest absolute Gasteiger partial charge is 0.467 e. The summed E-state index contributed by atoms with van der Waals surface area (Å²) in [5, 5.41) is 4.59. The molecular weight excluding hydrogens is 402 g/mol. The van der Waals surface area contributed by atoms with Gasteiger partial charge in [0.2, 0.25) is 5.91 Å². The molecule has 0 spiro atoms. The van der Waals surface area contributed by atoms with Crippen LogP contribution >= 0.6 is 0 Å². The molecule has 0 aliphatic rings. The second-order valence-corrected chi connectivity index (χ2v) is 15.9. The maximum atomic E-state index is 12.5. The third-order valence-electron chi connectivity index (χ3n) is 7.35. The van der Waals surface area contributed by atoms with Crippen LogP contribution in [0.3, 0.4) is 0 Å². The predicted octanol–water partition coefficient (Wildman–Crippen LogP) is 5.77. The van der Waals surface area contributed by atoms with E-state index in [2.05, 4.69) is 77.3 Å². The average molecular weight is 448 g/mol. The topological polar surface area (TPSA) is 55.4 Å². The highest BCUT2D eigenvalue weighted by atomic mass is 28.3. The van der Waals surface area contributed by atoms with Crippen molar-refractivity contribution in [3.8, 4) is 0 Å². The number of rotatable bonds is 11. The van der Waals surface area contributed by atoms with E-state index in [-0.39, 0.29) is 16.9 Å². The van der Waals surface area contributed by atoms with Crippen molar-refractivity contribution in [2.45, 2.75) is 104 Å². The van der Waals surface area contributed by atoms with Crippen LogP contribution in [-0.2, 0) is 14.3 Å². The Balaban J connectivity index is 2.85. The molecule has 5 heteroatoms. The Labute approximate surface area is 191 Å². The van der Waals surface area contributed by atoms with Crippen molar-refractivity contribution in [1.29, 1.82) is 0 Å². The summed E-state index contributed by atoms with van der Waals surface area (Å²) < 4.78 is 5.00. The fourth-order valence-electron chi connectivity index (χ4n) is 3.57. The molecule has 1 aromatic rings. The first-order valence-electron chi connectivity index (χ1n) is 11.8. The van der Waals surface area contributed by atoms with Gasteiger partial charge in [0.25, 0.3) is 0 Å². The summed E-state index contributed by atoms with van der Waals surface area (Å²) in [5.74, 6) is 0.0587. The molecule has 0 fully saturated rings. The number of hydrogen-bond acceptors (Lipinski definition) is 3. The summed E-state index contributed by atoms with van der Waals surface area (Å²) in [6.45, 7) is 18.1.